The summed E-state index contributed by atoms with van der Waals surface area (Å²) in [6.07, 6.45) is 3.87. The van der Waals surface area contributed by atoms with Crippen molar-refractivity contribution in [3.05, 3.63) is 53.6 Å². The van der Waals surface area contributed by atoms with Crippen molar-refractivity contribution in [1.29, 1.82) is 0 Å². The van der Waals surface area contributed by atoms with E-state index in [1.54, 1.807) is 47.7 Å². The normalized spacial score (nSPS) is 10.7. The Morgan fingerprint density at radius 1 is 0.657 bits per heavy atom. The van der Waals surface area contributed by atoms with Crippen LogP contribution >= 0.6 is 11.9 Å². The van der Waals surface area contributed by atoms with E-state index in [9.17, 15) is 5.11 Å². The first-order chi connectivity index (χ1) is 17.0. The third-order valence-electron chi connectivity index (χ3n) is 5.13. The zero-order chi connectivity index (χ0) is 25.4. The van der Waals surface area contributed by atoms with Crippen LogP contribution in [-0.4, -0.2) is 47.8 Å². The molecule has 0 aromatic heterocycles. The van der Waals surface area contributed by atoms with E-state index in [2.05, 4.69) is 4.72 Å². The predicted molar refractivity (Wildman–Crippen MR) is 139 cm³/mol. The van der Waals surface area contributed by atoms with Gasteiger partial charge in [0.1, 0.15) is 0 Å². The van der Waals surface area contributed by atoms with Crippen molar-refractivity contribution in [2.24, 2.45) is 0 Å². The predicted octanol–water partition coefficient (Wildman–Crippen LogP) is 5.73. The van der Waals surface area contributed by atoms with Crippen molar-refractivity contribution in [2.45, 2.75) is 4.90 Å². The number of ether oxygens (including phenoxy) is 6. The molecular formula is C26H29NO7S. The van der Waals surface area contributed by atoms with E-state index >= 15 is 0 Å². The molecule has 0 saturated heterocycles. The van der Waals surface area contributed by atoms with E-state index in [1.165, 1.54) is 19.1 Å². The van der Waals surface area contributed by atoms with Gasteiger partial charge in [-0.15, -0.1) is 0 Å². The highest BCUT2D eigenvalue weighted by molar-refractivity contribution is 8.00. The van der Waals surface area contributed by atoms with Gasteiger partial charge in [-0.3, -0.25) is 0 Å². The minimum absolute atomic E-state index is 0.0640. The van der Waals surface area contributed by atoms with Gasteiger partial charge >= 0.3 is 0 Å². The van der Waals surface area contributed by atoms with Crippen molar-refractivity contribution < 1.29 is 33.5 Å². The molecule has 2 N–H and O–H groups in total. The van der Waals surface area contributed by atoms with Crippen molar-refractivity contribution >= 4 is 29.8 Å². The van der Waals surface area contributed by atoms with Crippen LogP contribution in [-0.2, 0) is 0 Å². The first-order valence-electron chi connectivity index (χ1n) is 10.5. The number of hydrogen-bond donors (Lipinski definition) is 2. The largest absolute Gasteiger partial charge is 0.504 e. The highest BCUT2D eigenvalue weighted by Crippen LogP contribution is 2.40. The number of phenols is 1. The molecule has 0 aliphatic carbocycles. The summed E-state index contributed by atoms with van der Waals surface area (Å²) in [5.41, 5.74) is 2.49. The van der Waals surface area contributed by atoms with Gasteiger partial charge in [-0.25, -0.2) is 0 Å². The number of rotatable bonds is 11. The molecule has 0 saturated carbocycles. The third-order valence-corrected chi connectivity index (χ3v) is 5.94. The van der Waals surface area contributed by atoms with E-state index in [1.807, 2.05) is 42.5 Å². The first-order valence-corrected chi connectivity index (χ1v) is 11.3. The molecule has 0 aliphatic heterocycles. The molecule has 0 spiro atoms. The number of anilines is 1. The van der Waals surface area contributed by atoms with Crippen LogP contribution < -0.4 is 33.1 Å². The van der Waals surface area contributed by atoms with E-state index in [0.29, 0.717) is 34.5 Å². The van der Waals surface area contributed by atoms with Gasteiger partial charge in [0.2, 0.25) is 5.75 Å². The zero-order valence-corrected chi connectivity index (χ0v) is 21.3. The lowest BCUT2D eigenvalue weighted by atomic mass is 10.1. The van der Waals surface area contributed by atoms with Crippen molar-refractivity contribution in [3.63, 3.8) is 0 Å². The average Bonchev–Trinajstić information content (AvgIpc) is 2.89. The van der Waals surface area contributed by atoms with Crippen LogP contribution in [0.1, 0.15) is 11.1 Å². The number of hydrogen-bond acceptors (Lipinski definition) is 9. The van der Waals surface area contributed by atoms with Crippen LogP contribution in [0.5, 0.6) is 40.2 Å². The van der Waals surface area contributed by atoms with Crippen LogP contribution in [0.15, 0.2) is 47.4 Å². The van der Waals surface area contributed by atoms with Gasteiger partial charge in [-0.1, -0.05) is 12.2 Å². The van der Waals surface area contributed by atoms with Crippen LogP contribution in [0.4, 0.5) is 5.69 Å². The van der Waals surface area contributed by atoms with Gasteiger partial charge in [0.05, 0.1) is 48.3 Å². The van der Waals surface area contributed by atoms with E-state index in [4.69, 9.17) is 28.4 Å². The van der Waals surface area contributed by atoms with Crippen LogP contribution in [0.25, 0.3) is 12.2 Å². The van der Waals surface area contributed by atoms with E-state index in [-0.39, 0.29) is 5.75 Å². The summed E-state index contributed by atoms with van der Waals surface area (Å²) in [6.45, 7) is 0. The van der Waals surface area contributed by atoms with Gasteiger partial charge in [0.25, 0.3) is 0 Å². The van der Waals surface area contributed by atoms with Crippen molar-refractivity contribution in [2.75, 3.05) is 47.4 Å². The fraction of sp³-hybridized carbons (Fsp3) is 0.231. The maximum atomic E-state index is 10.1. The van der Waals surface area contributed by atoms with Gasteiger partial charge in [-0.2, -0.15) is 0 Å². The first kappa shape index (κ1) is 25.8. The molecule has 9 heteroatoms. The molecule has 35 heavy (non-hydrogen) atoms. The molecule has 186 valence electrons. The lowest BCUT2D eigenvalue weighted by molar-refractivity contribution is 0.324. The van der Waals surface area contributed by atoms with Gasteiger partial charge < -0.3 is 38.2 Å². The second kappa shape index (κ2) is 12.0. The Bertz CT molecular complexity index is 1170. The lowest BCUT2D eigenvalue weighted by Crippen LogP contribution is -1.96. The van der Waals surface area contributed by atoms with Crippen LogP contribution in [0, 0.1) is 0 Å². The highest BCUT2D eigenvalue weighted by atomic mass is 32.2. The molecule has 3 rings (SSSR count). The second-order valence-corrected chi connectivity index (χ2v) is 8.00. The summed E-state index contributed by atoms with van der Waals surface area (Å²) in [5, 5.41) is 10.1. The summed E-state index contributed by atoms with van der Waals surface area (Å²) >= 11 is 1.34. The Balaban J connectivity index is 1.96. The van der Waals surface area contributed by atoms with Crippen molar-refractivity contribution in [3.8, 4) is 40.2 Å². The summed E-state index contributed by atoms with van der Waals surface area (Å²) in [4.78, 5) is 0.803. The SMILES string of the molecule is COc1ccc(SNc2cc(OC)c(OC)cc2/C=C\c2cc(OC)c(OC)c(OC)c2)cc1O. The van der Waals surface area contributed by atoms with Crippen LogP contribution in [0.3, 0.4) is 0 Å². The maximum Gasteiger partial charge on any atom is 0.203 e. The smallest absolute Gasteiger partial charge is 0.203 e. The van der Waals surface area contributed by atoms with Gasteiger partial charge in [0, 0.05) is 16.5 Å². The molecule has 0 amide bonds. The zero-order valence-electron chi connectivity index (χ0n) is 20.5. The highest BCUT2D eigenvalue weighted by Gasteiger charge is 2.14. The minimum Gasteiger partial charge on any atom is -0.504 e. The Morgan fingerprint density at radius 2 is 1.26 bits per heavy atom. The summed E-state index contributed by atoms with van der Waals surface area (Å²) in [7, 11) is 9.41. The molecule has 0 atom stereocenters. The number of methoxy groups -OCH3 is 6. The number of benzene rings is 3. The molecule has 8 nitrogen and oxygen atoms in total. The Morgan fingerprint density at radius 3 is 1.80 bits per heavy atom. The molecule has 0 bridgehead atoms. The molecular weight excluding hydrogens is 470 g/mol. The van der Waals surface area contributed by atoms with Crippen molar-refractivity contribution in [1.82, 2.24) is 0 Å². The number of phenolic OH excluding ortho intramolecular Hbond substituents is 1. The van der Waals surface area contributed by atoms with E-state index < -0.39 is 0 Å². The quantitative estimate of drug-likeness (QED) is 0.253. The summed E-state index contributed by atoms with van der Waals surface area (Å²) in [5.74, 6) is 3.30. The minimum atomic E-state index is 0.0640. The summed E-state index contributed by atoms with van der Waals surface area (Å²) < 4.78 is 35.7. The molecule has 3 aromatic rings. The Hall–Kier alpha value is -3.85. The van der Waals surface area contributed by atoms with E-state index in [0.717, 1.165) is 21.7 Å². The fourth-order valence-corrected chi connectivity index (χ4v) is 4.06. The average molecular weight is 500 g/mol. The second-order valence-electron chi connectivity index (χ2n) is 7.12. The fourth-order valence-electron chi connectivity index (χ4n) is 3.35. The number of nitrogens with one attached hydrogen (secondary N) is 1. The molecule has 0 fully saturated rings. The third kappa shape index (κ3) is 5.99. The molecule has 0 radical (unpaired) electrons. The maximum absolute atomic E-state index is 10.1. The molecule has 0 aliphatic rings. The molecule has 3 aromatic carbocycles. The Kier molecular flexibility index (Phi) is 8.86. The van der Waals surface area contributed by atoms with Gasteiger partial charge in [-0.05, 0) is 53.9 Å². The summed E-state index contributed by atoms with van der Waals surface area (Å²) in [6, 6.07) is 12.6. The monoisotopic (exact) mass is 499 g/mol. The topological polar surface area (TPSA) is 87.6 Å². The molecule has 0 heterocycles. The standard InChI is InChI=1S/C26H29NO7S/c1-29-21-10-9-18(14-20(21)28)35-27-19-15-23(31-3)22(30-2)13-17(19)8-7-16-11-24(32-4)26(34-6)25(12-16)33-5/h7-15,27-28H,1-6H3/b8-7-. The molecule has 0 unspecified atom stereocenters. The lowest BCUT2D eigenvalue weighted by Gasteiger charge is -2.15. The Labute approximate surface area is 209 Å². The van der Waals surface area contributed by atoms with Crippen LogP contribution in [0.2, 0.25) is 0 Å². The van der Waals surface area contributed by atoms with Gasteiger partial charge in [0.15, 0.2) is 34.5 Å². The number of aromatic hydroxyl groups is 1.